The molecule has 0 radical (unpaired) electrons. The van der Waals surface area contributed by atoms with Crippen molar-refractivity contribution in [3.8, 4) is 5.75 Å². The molecule has 0 aliphatic rings. The van der Waals surface area contributed by atoms with Crippen molar-refractivity contribution in [2.24, 2.45) is 0 Å². The molecule has 0 aliphatic carbocycles. The standard InChI is InChI=1S/C17H17BrO2/c1-3-4-12-5-7-13(8-6-12)17(19)14-9-10-16(20-2)15(18)11-14/h5-11H,3-4H2,1-2H3. The Balaban J connectivity index is 2.24. The van der Waals surface area contributed by atoms with Gasteiger partial charge in [0.05, 0.1) is 11.6 Å². The van der Waals surface area contributed by atoms with Gasteiger partial charge in [-0.2, -0.15) is 0 Å². The summed E-state index contributed by atoms with van der Waals surface area (Å²) in [6, 6.07) is 13.2. The highest BCUT2D eigenvalue weighted by molar-refractivity contribution is 9.10. The number of hydrogen-bond acceptors (Lipinski definition) is 2. The molecular weight excluding hydrogens is 316 g/mol. The van der Waals surface area contributed by atoms with Crippen molar-refractivity contribution in [2.75, 3.05) is 7.11 Å². The number of aryl methyl sites for hydroxylation is 1. The van der Waals surface area contributed by atoms with Gasteiger partial charge in [0.1, 0.15) is 5.75 Å². The van der Waals surface area contributed by atoms with E-state index in [-0.39, 0.29) is 5.78 Å². The van der Waals surface area contributed by atoms with E-state index in [1.54, 1.807) is 25.3 Å². The lowest BCUT2D eigenvalue weighted by atomic mass is 10.0. The number of halogens is 1. The van der Waals surface area contributed by atoms with Crippen LogP contribution in [-0.2, 0) is 6.42 Å². The van der Waals surface area contributed by atoms with E-state index in [0.717, 1.165) is 23.1 Å². The molecule has 104 valence electrons. The third kappa shape index (κ3) is 3.28. The molecule has 0 amide bonds. The third-order valence-corrected chi connectivity index (χ3v) is 3.79. The Morgan fingerprint density at radius 1 is 1.10 bits per heavy atom. The zero-order chi connectivity index (χ0) is 14.5. The third-order valence-electron chi connectivity index (χ3n) is 3.17. The van der Waals surface area contributed by atoms with Crippen LogP contribution in [-0.4, -0.2) is 12.9 Å². The highest BCUT2D eigenvalue weighted by atomic mass is 79.9. The molecule has 0 aliphatic heterocycles. The van der Waals surface area contributed by atoms with Crippen LogP contribution in [0.25, 0.3) is 0 Å². The van der Waals surface area contributed by atoms with E-state index in [0.29, 0.717) is 11.1 Å². The predicted molar refractivity (Wildman–Crippen MR) is 84.6 cm³/mol. The Hall–Kier alpha value is -1.61. The number of hydrogen-bond donors (Lipinski definition) is 0. The molecule has 20 heavy (non-hydrogen) atoms. The van der Waals surface area contributed by atoms with Gasteiger partial charge >= 0.3 is 0 Å². The molecule has 2 rings (SSSR count). The van der Waals surface area contributed by atoms with Crippen LogP contribution in [0.5, 0.6) is 5.75 Å². The second-order valence-electron chi connectivity index (χ2n) is 4.63. The first kappa shape index (κ1) is 14.8. The van der Waals surface area contributed by atoms with E-state index in [1.807, 2.05) is 24.3 Å². The Morgan fingerprint density at radius 3 is 2.30 bits per heavy atom. The molecule has 0 spiro atoms. The van der Waals surface area contributed by atoms with Crippen molar-refractivity contribution < 1.29 is 9.53 Å². The van der Waals surface area contributed by atoms with Crippen molar-refractivity contribution in [3.63, 3.8) is 0 Å². The minimum absolute atomic E-state index is 0.0244. The fourth-order valence-electron chi connectivity index (χ4n) is 2.09. The van der Waals surface area contributed by atoms with Crippen molar-refractivity contribution in [3.05, 3.63) is 63.6 Å². The van der Waals surface area contributed by atoms with Gasteiger partial charge in [0, 0.05) is 11.1 Å². The number of carbonyl (C=O) groups excluding carboxylic acids is 1. The molecule has 2 aromatic carbocycles. The average Bonchev–Trinajstić information content (AvgIpc) is 2.47. The monoisotopic (exact) mass is 332 g/mol. The first-order chi connectivity index (χ1) is 9.65. The van der Waals surface area contributed by atoms with Gasteiger partial charge in [-0.3, -0.25) is 4.79 Å². The molecule has 0 atom stereocenters. The van der Waals surface area contributed by atoms with E-state index >= 15 is 0 Å². The summed E-state index contributed by atoms with van der Waals surface area (Å²) < 4.78 is 5.96. The Labute approximate surface area is 127 Å². The Morgan fingerprint density at radius 2 is 1.75 bits per heavy atom. The van der Waals surface area contributed by atoms with Crippen LogP contribution in [0, 0.1) is 0 Å². The van der Waals surface area contributed by atoms with Crippen molar-refractivity contribution in [1.82, 2.24) is 0 Å². The maximum atomic E-state index is 12.4. The first-order valence-corrected chi connectivity index (χ1v) is 7.42. The van der Waals surface area contributed by atoms with Crippen molar-refractivity contribution in [1.29, 1.82) is 0 Å². The predicted octanol–water partition coefficient (Wildman–Crippen LogP) is 4.64. The first-order valence-electron chi connectivity index (χ1n) is 6.63. The van der Waals surface area contributed by atoms with Gasteiger partial charge in [-0.1, -0.05) is 37.6 Å². The number of ether oxygens (including phenoxy) is 1. The molecule has 0 aromatic heterocycles. The topological polar surface area (TPSA) is 26.3 Å². The van der Waals surface area contributed by atoms with Crippen LogP contribution in [0.4, 0.5) is 0 Å². The van der Waals surface area contributed by atoms with Gasteiger partial charge in [0.2, 0.25) is 0 Å². The average molecular weight is 333 g/mol. The molecule has 0 heterocycles. The molecule has 0 fully saturated rings. The lowest BCUT2D eigenvalue weighted by molar-refractivity contribution is 0.103. The molecule has 0 unspecified atom stereocenters. The summed E-state index contributed by atoms with van der Waals surface area (Å²) in [6.45, 7) is 2.15. The summed E-state index contributed by atoms with van der Waals surface area (Å²) in [7, 11) is 1.61. The number of rotatable bonds is 5. The minimum atomic E-state index is 0.0244. The van der Waals surface area contributed by atoms with Crippen molar-refractivity contribution >= 4 is 21.7 Å². The second-order valence-corrected chi connectivity index (χ2v) is 5.48. The highest BCUT2D eigenvalue weighted by Crippen LogP contribution is 2.26. The lowest BCUT2D eigenvalue weighted by Crippen LogP contribution is -2.02. The molecule has 2 aromatic rings. The number of carbonyl (C=O) groups is 1. The van der Waals surface area contributed by atoms with Crippen LogP contribution in [0.3, 0.4) is 0 Å². The van der Waals surface area contributed by atoms with Crippen LogP contribution in [0.1, 0.15) is 34.8 Å². The van der Waals surface area contributed by atoms with E-state index in [2.05, 4.69) is 22.9 Å². The van der Waals surface area contributed by atoms with Crippen LogP contribution >= 0.6 is 15.9 Å². The van der Waals surface area contributed by atoms with Gasteiger partial charge < -0.3 is 4.74 Å². The van der Waals surface area contributed by atoms with Crippen LogP contribution in [0.15, 0.2) is 46.9 Å². The molecule has 0 bridgehead atoms. The summed E-state index contributed by atoms with van der Waals surface area (Å²) in [5.41, 5.74) is 2.63. The largest absolute Gasteiger partial charge is 0.496 e. The van der Waals surface area contributed by atoms with Gasteiger partial charge in [0.15, 0.2) is 5.78 Å². The quantitative estimate of drug-likeness (QED) is 0.745. The summed E-state index contributed by atoms with van der Waals surface area (Å²) in [5.74, 6) is 0.747. The summed E-state index contributed by atoms with van der Waals surface area (Å²) in [4.78, 5) is 12.4. The van der Waals surface area contributed by atoms with E-state index in [4.69, 9.17) is 4.74 Å². The maximum absolute atomic E-state index is 12.4. The Bertz CT molecular complexity index is 603. The van der Waals surface area contributed by atoms with Gasteiger partial charge in [0.25, 0.3) is 0 Å². The van der Waals surface area contributed by atoms with Crippen LogP contribution in [0.2, 0.25) is 0 Å². The number of methoxy groups -OCH3 is 1. The zero-order valence-corrected chi connectivity index (χ0v) is 13.2. The maximum Gasteiger partial charge on any atom is 0.193 e. The lowest BCUT2D eigenvalue weighted by Gasteiger charge is -2.06. The minimum Gasteiger partial charge on any atom is -0.496 e. The molecule has 0 N–H and O–H groups in total. The van der Waals surface area contributed by atoms with Crippen LogP contribution < -0.4 is 4.74 Å². The normalized spacial score (nSPS) is 10.3. The second kappa shape index (κ2) is 6.71. The summed E-state index contributed by atoms with van der Waals surface area (Å²) in [5, 5.41) is 0. The molecule has 2 nitrogen and oxygen atoms in total. The van der Waals surface area contributed by atoms with E-state index < -0.39 is 0 Å². The molecular formula is C17H17BrO2. The van der Waals surface area contributed by atoms with E-state index in [9.17, 15) is 4.79 Å². The fraction of sp³-hybridized carbons (Fsp3) is 0.235. The summed E-state index contributed by atoms with van der Waals surface area (Å²) >= 11 is 3.40. The molecule has 3 heteroatoms. The van der Waals surface area contributed by atoms with E-state index in [1.165, 1.54) is 5.56 Å². The van der Waals surface area contributed by atoms with Gasteiger partial charge in [-0.05, 0) is 46.1 Å². The number of benzene rings is 2. The van der Waals surface area contributed by atoms with Crippen molar-refractivity contribution in [2.45, 2.75) is 19.8 Å². The molecule has 0 saturated heterocycles. The molecule has 0 saturated carbocycles. The fourth-order valence-corrected chi connectivity index (χ4v) is 2.63. The smallest absolute Gasteiger partial charge is 0.193 e. The van der Waals surface area contributed by atoms with Gasteiger partial charge in [-0.15, -0.1) is 0 Å². The highest BCUT2D eigenvalue weighted by Gasteiger charge is 2.11. The SMILES string of the molecule is CCCc1ccc(C(=O)c2ccc(OC)c(Br)c2)cc1. The zero-order valence-electron chi connectivity index (χ0n) is 11.7. The number of ketones is 1. The van der Waals surface area contributed by atoms with Gasteiger partial charge in [-0.25, -0.2) is 0 Å². The Kier molecular flexibility index (Phi) is 4.96. The summed E-state index contributed by atoms with van der Waals surface area (Å²) in [6.07, 6.45) is 2.15.